The van der Waals surface area contributed by atoms with Gasteiger partial charge in [0.25, 0.3) is 0 Å². The van der Waals surface area contributed by atoms with E-state index in [9.17, 15) is 9.90 Å². The molecule has 2 heterocycles. The van der Waals surface area contributed by atoms with Crippen LogP contribution in [-0.4, -0.2) is 15.9 Å². The molecule has 239 valence electrons. The zero-order chi connectivity index (χ0) is 31.8. The molecule has 1 radical (unpaired) electrons. The number of pyridine rings is 1. The Hall–Kier alpha value is -3.27. The van der Waals surface area contributed by atoms with Crippen LogP contribution in [0.25, 0.3) is 44.0 Å². The van der Waals surface area contributed by atoms with Crippen molar-refractivity contribution >= 4 is 38.5 Å². The van der Waals surface area contributed by atoms with Crippen molar-refractivity contribution in [1.82, 2.24) is 4.98 Å². The molecule has 1 aliphatic carbocycles. The number of carbonyl (C=O) groups excluding carboxylic acids is 1. The quantitative estimate of drug-likeness (QED) is 0.0968. The minimum absolute atomic E-state index is 0. The van der Waals surface area contributed by atoms with Crippen molar-refractivity contribution in [1.29, 1.82) is 0 Å². The summed E-state index contributed by atoms with van der Waals surface area (Å²) in [5.41, 5.74) is 7.62. The molecule has 0 bridgehead atoms. The first-order valence-electron chi connectivity index (χ1n) is 16.3. The number of furan rings is 1. The normalized spacial score (nSPS) is 13.7. The molecule has 2 aromatic heterocycles. The third kappa shape index (κ3) is 6.14. The Morgan fingerprint density at radius 2 is 1.62 bits per heavy atom. The second-order valence-electron chi connectivity index (χ2n) is 12.9. The van der Waals surface area contributed by atoms with Gasteiger partial charge in [-0.05, 0) is 59.9 Å². The van der Waals surface area contributed by atoms with Crippen molar-refractivity contribution in [3.8, 4) is 11.3 Å². The summed E-state index contributed by atoms with van der Waals surface area (Å²) in [4.78, 5) is 16.6. The number of allylic oxidation sites excluding steroid dienone is 2. The van der Waals surface area contributed by atoms with E-state index in [0.717, 1.165) is 53.5 Å². The second kappa shape index (κ2) is 14.0. The summed E-state index contributed by atoms with van der Waals surface area (Å²) in [6.07, 6.45) is 6.77. The fraction of sp³-hybridized carbons (Fsp3) is 0.400. The summed E-state index contributed by atoms with van der Waals surface area (Å²) >= 11 is 0. The molecule has 0 amide bonds. The van der Waals surface area contributed by atoms with Crippen molar-refractivity contribution in [3.05, 3.63) is 89.3 Å². The summed E-state index contributed by atoms with van der Waals surface area (Å²) in [6, 6.07) is 20.8. The zero-order valence-electron chi connectivity index (χ0n) is 27.9. The van der Waals surface area contributed by atoms with Gasteiger partial charge in [-0.1, -0.05) is 103 Å². The van der Waals surface area contributed by atoms with E-state index in [1.54, 1.807) is 0 Å². The number of aliphatic hydroxyl groups is 1. The van der Waals surface area contributed by atoms with Crippen LogP contribution >= 0.6 is 0 Å². The van der Waals surface area contributed by atoms with E-state index in [1.807, 2.05) is 40.0 Å². The Labute approximate surface area is 281 Å². The molecule has 4 nitrogen and oxygen atoms in total. The van der Waals surface area contributed by atoms with Crippen molar-refractivity contribution < 1.29 is 34.4 Å². The first-order chi connectivity index (χ1) is 21.1. The van der Waals surface area contributed by atoms with Gasteiger partial charge in [0.1, 0.15) is 11.2 Å². The maximum absolute atomic E-state index is 11.7. The predicted molar refractivity (Wildman–Crippen MR) is 183 cm³/mol. The maximum atomic E-state index is 11.7. The van der Waals surface area contributed by atoms with Crippen LogP contribution in [0.15, 0.2) is 71.0 Å². The van der Waals surface area contributed by atoms with E-state index in [0.29, 0.717) is 5.92 Å². The Balaban J connectivity index is 0.000000249. The van der Waals surface area contributed by atoms with Gasteiger partial charge >= 0.3 is 0 Å². The van der Waals surface area contributed by atoms with Crippen molar-refractivity contribution in [2.75, 3.05) is 0 Å². The SMILES string of the molecule is CC(C)c1ccc2c3c1oc1ccnc(c13)-c1[c-]cc3ccccc3c1C2(C)C.CCC(CC)C(=O)/C=C(\O)C(CC)CC.[Ir]. The molecule has 0 fully saturated rings. The number of hydrogen-bond donors (Lipinski definition) is 1. The maximum Gasteiger partial charge on any atom is 0.162 e. The second-order valence-corrected chi connectivity index (χ2v) is 12.9. The summed E-state index contributed by atoms with van der Waals surface area (Å²) in [5, 5.41) is 14.6. The number of carbonyl (C=O) groups is 1. The minimum atomic E-state index is -0.210. The molecule has 5 heteroatoms. The molecular formula is C40H46IrNO3-. The van der Waals surface area contributed by atoms with E-state index in [-0.39, 0.29) is 48.9 Å². The fourth-order valence-electron chi connectivity index (χ4n) is 6.96. The number of fused-ring (bicyclic) bond motifs is 4. The van der Waals surface area contributed by atoms with Crippen molar-refractivity contribution in [2.24, 2.45) is 11.8 Å². The Morgan fingerprint density at radius 3 is 2.27 bits per heavy atom. The van der Waals surface area contributed by atoms with Gasteiger partial charge in [-0.3, -0.25) is 4.79 Å². The molecule has 0 aliphatic heterocycles. The minimum Gasteiger partial charge on any atom is -0.512 e. The van der Waals surface area contributed by atoms with E-state index < -0.39 is 0 Å². The predicted octanol–water partition coefficient (Wildman–Crippen LogP) is 11.2. The topological polar surface area (TPSA) is 63.3 Å². The van der Waals surface area contributed by atoms with Gasteiger partial charge in [0.15, 0.2) is 5.78 Å². The molecule has 5 aromatic rings. The number of aliphatic hydroxyl groups excluding tert-OH is 1. The third-order valence-corrected chi connectivity index (χ3v) is 9.65. The average molecular weight is 781 g/mol. The van der Waals surface area contributed by atoms with Crippen LogP contribution in [0.2, 0.25) is 0 Å². The van der Waals surface area contributed by atoms with Crippen LogP contribution < -0.4 is 0 Å². The van der Waals surface area contributed by atoms with Crippen LogP contribution in [0.1, 0.15) is 104 Å². The molecule has 1 aliphatic rings. The molecule has 0 spiro atoms. The fourth-order valence-corrected chi connectivity index (χ4v) is 6.96. The first kappa shape index (κ1) is 34.6. The van der Waals surface area contributed by atoms with Gasteiger partial charge in [0, 0.05) is 55.0 Å². The largest absolute Gasteiger partial charge is 0.512 e. The molecule has 45 heavy (non-hydrogen) atoms. The van der Waals surface area contributed by atoms with Gasteiger partial charge < -0.3 is 14.5 Å². The average Bonchev–Trinajstić information content (AvgIpc) is 3.37. The molecule has 0 saturated carbocycles. The van der Waals surface area contributed by atoms with Crippen LogP contribution in [-0.2, 0) is 30.3 Å². The van der Waals surface area contributed by atoms with E-state index >= 15 is 0 Å². The van der Waals surface area contributed by atoms with Crippen LogP contribution in [0.4, 0.5) is 0 Å². The molecule has 0 atom stereocenters. The van der Waals surface area contributed by atoms with Gasteiger partial charge in [-0.15, -0.1) is 23.3 Å². The van der Waals surface area contributed by atoms with E-state index in [2.05, 4.69) is 76.2 Å². The first-order valence-corrected chi connectivity index (χ1v) is 16.3. The Morgan fingerprint density at radius 1 is 0.956 bits per heavy atom. The van der Waals surface area contributed by atoms with E-state index in [4.69, 9.17) is 9.40 Å². The van der Waals surface area contributed by atoms with Gasteiger partial charge in [0.05, 0.1) is 5.76 Å². The number of ketones is 1. The molecular weight excluding hydrogens is 735 g/mol. The Kier molecular flexibility index (Phi) is 10.8. The number of hydrogen-bond acceptors (Lipinski definition) is 4. The summed E-state index contributed by atoms with van der Waals surface area (Å²) in [5.74, 6) is 0.938. The molecule has 0 saturated heterocycles. The molecule has 6 rings (SSSR count). The molecule has 1 N–H and O–H groups in total. The molecule has 3 aromatic carbocycles. The molecule has 0 unspecified atom stereocenters. The van der Waals surface area contributed by atoms with Gasteiger partial charge in [-0.2, -0.15) is 0 Å². The smallest absolute Gasteiger partial charge is 0.162 e. The Bertz CT molecular complexity index is 1850. The van der Waals surface area contributed by atoms with Crippen LogP contribution in [0.5, 0.6) is 0 Å². The number of rotatable bonds is 8. The van der Waals surface area contributed by atoms with E-state index in [1.165, 1.54) is 38.9 Å². The number of nitrogens with zero attached hydrogens (tertiary/aromatic N) is 1. The third-order valence-electron chi connectivity index (χ3n) is 9.65. The van der Waals surface area contributed by atoms with Crippen molar-refractivity contribution in [2.45, 2.75) is 92.4 Å². The van der Waals surface area contributed by atoms with Gasteiger partial charge in [0.2, 0.25) is 0 Å². The van der Waals surface area contributed by atoms with Crippen molar-refractivity contribution in [3.63, 3.8) is 0 Å². The number of aromatic nitrogens is 1. The summed E-state index contributed by atoms with van der Waals surface area (Å²) < 4.78 is 6.44. The van der Waals surface area contributed by atoms with Crippen LogP contribution in [0, 0.1) is 17.9 Å². The van der Waals surface area contributed by atoms with Gasteiger partial charge in [-0.25, -0.2) is 0 Å². The standard InChI is InChI=1S/C27H22NO.C13H24O2.Ir/c1-15(2)17-11-12-20-22-23-21(29-26(17)22)13-14-28-25(23)19-10-9-16-7-5-6-8-18(16)24(19)27(20,3)4;1-5-10(6-2)12(14)9-13(15)11(7-3)8-4;/h5-9,11-15H,1-4H3;9-11,14H,5-8H2,1-4H3;/q-1;;/b;12-9-;. The number of benzene rings is 3. The zero-order valence-corrected chi connectivity index (χ0v) is 30.3. The summed E-state index contributed by atoms with van der Waals surface area (Å²) in [7, 11) is 0. The summed E-state index contributed by atoms with van der Waals surface area (Å²) in [6.45, 7) is 17.2. The van der Waals surface area contributed by atoms with Crippen LogP contribution in [0.3, 0.4) is 0 Å². The monoisotopic (exact) mass is 781 g/mol.